The molecule has 25 heavy (non-hydrogen) atoms. The maximum Gasteiger partial charge on any atom is 0.322 e. The van der Waals surface area contributed by atoms with E-state index in [0.717, 1.165) is 17.7 Å². The Morgan fingerprint density at radius 3 is 2.72 bits per heavy atom. The fourth-order valence-corrected chi connectivity index (χ4v) is 3.15. The van der Waals surface area contributed by atoms with Gasteiger partial charge in [-0.3, -0.25) is 0 Å². The summed E-state index contributed by atoms with van der Waals surface area (Å²) in [5.41, 5.74) is 0.428. The molecule has 3 aromatic rings. The lowest BCUT2D eigenvalue weighted by molar-refractivity contribution is 0.147. The number of amides is 2. The van der Waals surface area contributed by atoms with Crippen molar-refractivity contribution in [3.63, 3.8) is 0 Å². The van der Waals surface area contributed by atoms with E-state index in [-0.39, 0.29) is 5.92 Å². The first-order valence-corrected chi connectivity index (χ1v) is 8.42. The first-order valence-electron chi connectivity index (χ1n) is 7.48. The maximum absolute atomic E-state index is 13.6. The zero-order chi connectivity index (χ0) is 17.4. The molecule has 4 rings (SSSR count). The lowest BCUT2D eigenvalue weighted by atomic mass is 10.0. The van der Waals surface area contributed by atoms with Gasteiger partial charge in [-0.05, 0) is 23.6 Å². The molecule has 2 aromatic heterocycles. The second-order valence-corrected chi connectivity index (χ2v) is 6.38. The summed E-state index contributed by atoms with van der Waals surface area (Å²) >= 11 is 1.54. The molecule has 0 atom stereocenters. The quantitative estimate of drug-likeness (QED) is 0.771. The highest BCUT2D eigenvalue weighted by Crippen LogP contribution is 2.29. The molecule has 9 heteroatoms. The molecule has 1 aliphatic heterocycles. The van der Waals surface area contributed by atoms with E-state index in [0.29, 0.717) is 24.8 Å². The molecule has 0 unspecified atom stereocenters. The Hall–Kier alpha value is -2.81. The molecular formula is C16H12F2N4O2S. The molecule has 0 aliphatic carbocycles. The van der Waals surface area contributed by atoms with Gasteiger partial charge < -0.3 is 14.7 Å². The van der Waals surface area contributed by atoms with Gasteiger partial charge >= 0.3 is 6.03 Å². The SMILES string of the molecule is O=C(Nc1c(F)cccc1F)N1CC(c2nc(-c3ccsc3)no2)C1. The van der Waals surface area contributed by atoms with Gasteiger partial charge in [0, 0.05) is 24.0 Å². The molecule has 128 valence electrons. The molecule has 1 aliphatic rings. The number of para-hydroxylation sites is 1. The van der Waals surface area contributed by atoms with Crippen molar-refractivity contribution in [2.75, 3.05) is 18.4 Å². The number of nitrogens with zero attached hydrogens (tertiary/aromatic N) is 3. The average Bonchev–Trinajstić information content (AvgIpc) is 3.20. The molecule has 1 fully saturated rings. The highest BCUT2D eigenvalue weighted by atomic mass is 32.1. The van der Waals surface area contributed by atoms with Crippen LogP contribution >= 0.6 is 11.3 Å². The van der Waals surface area contributed by atoms with Crippen LogP contribution in [0.15, 0.2) is 39.5 Å². The molecule has 3 heterocycles. The molecule has 0 radical (unpaired) electrons. The van der Waals surface area contributed by atoms with Gasteiger partial charge in [-0.25, -0.2) is 13.6 Å². The largest absolute Gasteiger partial charge is 0.339 e. The number of hydrogen-bond donors (Lipinski definition) is 1. The van der Waals surface area contributed by atoms with Crippen LogP contribution in [0.2, 0.25) is 0 Å². The van der Waals surface area contributed by atoms with Crippen molar-refractivity contribution in [2.24, 2.45) is 0 Å². The number of nitrogens with one attached hydrogen (secondary N) is 1. The zero-order valence-electron chi connectivity index (χ0n) is 12.8. The lowest BCUT2D eigenvalue weighted by Crippen LogP contribution is -2.50. The third-order valence-electron chi connectivity index (χ3n) is 3.93. The van der Waals surface area contributed by atoms with E-state index in [1.54, 1.807) is 0 Å². The first-order chi connectivity index (χ1) is 12.1. The molecule has 1 N–H and O–H groups in total. The van der Waals surface area contributed by atoms with Gasteiger partial charge in [-0.1, -0.05) is 11.2 Å². The van der Waals surface area contributed by atoms with Gasteiger partial charge in [0.1, 0.15) is 17.3 Å². The molecule has 2 amide bonds. The van der Waals surface area contributed by atoms with Crippen molar-refractivity contribution in [3.8, 4) is 11.4 Å². The minimum atomic E-state index is -0.817. The molecule has 0 bridgehead atoms. The van der Waals surface area contributed by atoms with Gasteiger partial charge in [0.05, 0.1) is 5.92 Å². The summed E-state index contributed by atoms with van der Waals surface area (Å²) in [4.78, 5) is 17.8. The lowest BCUT2D eigenvalue weighted by Gasteiger charge is -2.36. The molecule has 6 nitrogen and oxygen atoms in total. The number of anilines is 1. The Morgan fingerprint density at radius 2 is 2.04 bits per heavy atom. The van der Waals surface area contributed by atoms with E-state index in [1.807, 2.05) is 16.8 Å². The van der Waals surface area contributed by atoms with Crippen LogP contribution in [-0.4, -0.2) is 34.2 Å². The summed E-state index contributed by atoms with van der Waals surface area (Å²) in [6, 6.07) is 4.73. The van der Waals surface area contributed by atoms with E-state index in [2.05, 4.69) is 15.5 Å². The number of benzene rings is 1. The van der Waals surface area contributed by atoms with Crippen molar-refractivity contribution >= 4 is 23.1 Å². The summed E-state index contributed by atoms with van der Waals surface area (Å²) < 4.78 is 32.4. The van der Waals surface area contributed by atoms with E-state index < -0.39 is 23.4 Å². The van der Waals surface area contributed by atoms with Crippen LogP contribution in [0.25, 0.3) is 11.4 Å². The van der Waals surface area contributed by atoms with E-state index in [4.69, 9.17) is 4.52 Å². The molecule has 0 saturated carbocycles. The Kier molecular flexibility index (Phi) is 3.92. The number of rotatable bonds is 3. The topological polar surface area (TPSA) is 71.3 Å². The Morgan fingerprint density at radius 1 is 1.28 bits per heavy atom. The molecule has 1 saturated heterocycles. The summed E-state index contributed by atoms with van der Waals surface area (Å²) in [5.74, 6) is -0.767. The number of carbonyl (C=O) groups is 1. The molecule has 1 aromatic carbocycles. The number of likely N-dealkylation sites (tertiary alicyclic amines) is 1. The highest BCUT2D eigenvalue weighted by Gasteiger charge is 2.36. The van der Waals surface area contributed by atoms with Crippen LogP contribution < -0.4 is 5.32 Å². The van der Waals surface area contributed by atoms with Gasteiger partial charge in [0.2, 0.25) is 11.7 Å². The standard InChI is InChI=1S/C16H12F2N4O2S/c17-11-2-1-3-12(18)13(11)19-16(23)22-6-10(7-22)15-20-14(21-24-15)9-4-5-25-8-9/h1-5,8,10H,6-7H2,(H,19,23). The predicted octanol–water partition coefficient (Wildman–Crippen LogP) is 3.71. The van der Waals surface area contributed by atoms with Crippen LogP contribution in [0.5, 0.6) is 0 Å². The number of halogens is 2. The monoisotopic (exact) mass is 362 g/mol. The smallest absolute Gasteiger partial charge is 0.322 e. The van der Waals surface area contributed by atoms with Crippen LogP contribution in [0.3, 0.4) is 0 Å². The average molecular weight is 362 g/mol. The van der Waals surface area contributed by atoms with Crippen LogP contribution in [0.4, 0.5) is 19.3 Å². The second kappa shape index (κ2) is 6.25. The van der Waals surface area contributed by atoms with Crippen molar-refractivity contribution in [3.05, 3.63) is 52.6 Å². The minimum absolute atomic E-state index is 0.0869. The van der Waals surface area contributed by atoms with Gasteiger partial charge in [0.25, 0.3) is 0 Å². The molecule has 0 spiro atoms. The van der Waals surface area contributed by atoms with Crippen molar-refractivity contribution in [1.29, 1.82) is 0 Å². The second-order valence-electron chi connectivity index (χ2n) is 5.60. The number of urea groups is 1. The van der Waals surface area contributed by atoms with E-state index in [1.165, 1.54) is 22.3 Å². The van der Waals surface area contributed by atoms with Crippen LogP contribution in [-0.2, 0) is 0 Å². The predicted molar refractivity (Wildman–Crippen MR) is 87.3 cm³/mol. The zero-order valence-corrected chi connectivity index (χ0v) is 13.6. The fraction of sp³-hybridized carbons (Fsp3) is 0.188. The minimum Gasteiger partial charge on any atom is -0.339 e. The van der Waals surface area contributed by atoms with Crippen LogP contribution in [0.1, 0.15) is 11.8 Å². The fourth-order valence-electron chi connectivity index (χ4n) is 2.51. The van der Waals surface area contributed by atoms with Crippen molar-refractivity contribution < 1.29 is 18.1 Å². The number of hydrogen-bond acceptors (Lipinski definition) is 5. The third-order valence-corrected chi connectivity index (χ3v) is 4.62. The summed E-state index contributed by atoms with van der Waals surface area (Å²) in [5, 5.41) is 10.0. The van der Waals surface area contributed by atoms with E-state index in [9.17, 15) is 13.6 Å². The summed E-state index contributed by atoms with van der Waals surface area (Å²) in [6.45, 7) is 0.681. The normalized spacial score (nSPS) is 14.4. The Balaban J connectivity index is 1.38. The van der Waals surface area contributed by atoms with Gasteiger partial charge in [-0.2, -0.15) is 16.3 Å². The Labute approximate surface area is 145 Å². The maximum atomic E-state index is 13.6. The number of carbonyl (C=O) groups excluding carboxylic acids is 1. The summed E-state index contributed by atoms with van der Waals surface area (Å²) in [6.07, 6.45) is 0. The van der Waals surface area contributed by atoms with Crippen molar-refractivity contribution in [1.82, 2.24) is 15.0 Å². The highest BCUT2D eigenvalue weighted by molar-refractivity contribution is 7.08. The van der Waals surface area contributed by atoms with Gasteiger partial charge in [-0.15, -0.1) is 0 Å². The first kappa shape index (κ1) is 15.7. The van der Waals surface area contributed by atoms with Gasteiger partial charge in [0.15, 0.2) is 0 Å². The number of thiophene rings is 1. The van der Waals surface area contributed by atoms with Crippen molar-refractivity contribution in [2.45, 2.75) is 5.92 Å². The number of aromatic nitrogens is 2. The third kappa shape index (κ3) is 2.98. The molecular weight excluding hydrogens is 350 g/mol. The van der Waals surface area contributed by atoms with Crippen LogP contribution in [0, 0.1) is 11.6 Å². The Bertz CT molecular complexity index is 887. The summed E-state index contributed by atoms with van der Waals surface area (Å²) in [7, 11) is 0. The van der Waals surface area contributed by atoms with E-state index >= 15 is 0 Å².